The molecule has 0 radical (unpaired) electrons. The smallest absolute Gasteiger partial charge is 0.875 e. The van der Waals surface area contributed by atoms with Crippen molar-refractivity contribution in [2.24, 2.45) is 5.92 Å². The molecule has 15 rings (SSSR count). The van der Waals surface area contributed by atoms with Crippen LogP contribution in [0.2, 0.25) is 0 Å². The zero-order chi connectivity index (χ0) is 104. The number of hydrogen-bond acceptors (Lipinski definition) is 25. The number of dihydropyridines is 1. The molecule has 0 saturated heterocycles. The Balaban J connectivity index is 0.000000567. The summed E-state index contributed by atoms with van der Waals surface area (Å²) in [5.74, 6) is -7.60. The molecule has 32 heteroatoms. The second-order valence-electron chi connectivity index (χ2n) is 33.8. The first-order chi connectivity index (χ1) is 67.2. The summed E-state index contributed by atoms with van der Waals surface area (Å²) >= 11 is 0. The maximum absolute atomic E-state index is 13.6. The van der Waals surface area contributed by atoms with Gasteiger partial charge in [0.05, 0.1) is 44.2 Å². The fraction of sp³-hybridized carbons (Fsp3) is 0.363. The van der Waals surface area contributed by atoms with Crippen molar-refractivity contribution in [2.45, 2.75) is 241 Å². The number of ketones is 9. The van der Waals surface area contributed by atoms with Gasteiger partial charge in [0.15, 0.2) is 17.3 Å². The van der Waals surface area contributed by atoms with Crippen LogP contribution in [0.3, 0.4) is 0 Å². The van der Waals surface area contributed by atoms with Crippen LogP contribution in [0.5, 0.6) is 11.5 Å². The van der Waals surface area contributed by atoms with Gasteiger partial charge in [0, 0.05) is 78.5 Å². The molecular weight excluding hydrogens is 1890 g/mol. The monoisotopic (exact) mass is 2020 g/mol. The fourth-order valence-electron chi connectivity index (χ4n) is 15.7. The average Bonchev–Trinajstić information content (AvgIpc) is 1.02. The molecule has 4 fully saturated rings. The van der Waals surface area contributed by atoms with Crippen molar-refractivity contribution in [3.8, 4) is 11.5 Å². The predicted octanol–water partition coefficient (Wildman–Crippen LogP) is 17.9. The van der Waals surface area contributed by atoms with Gasteiger partial charge in [0.2, 0.25) is 0 Å². The fourth-order valence-corrected chi connectivity index (χ4v) is 15.7. The number of aldehydes is 2. The SMILES string of the molecule is C.C.C.CC(=O)/C=C/c1ccc(F)cc1.CC(=O)CC(=O)OC1CCCC1.CC(C)=O.CC1=C(C(=O)OC2CCCC2)C(c2cccc(O)c2)C2=C(CC(c3ccc(F)cc3)CC2=O)N1.CCOC(=O)C1C([O-])=CC(=O)CC1c1ccc(F)cc1.CCOC(=O)CC(=O)OCC.O=C1CC(=O)CC(c2ccc(F)cc2)C1.O=C1CC(=O)CC(c2ccc(F)cc2)C1.O=Cc1ccc(F)cc1.O=Cc1cccc(O)c1.[Na+]. The Morgan fingerprint density at radius 2 is 0.821 bits per heavy atom. The minimum atomic E-state index is -1.03. The molecule has 3 N–H and O–H groups in total. The van der Waals surface area contributed by atoms with Gasteiger partial charge in [0.25, 0.3) is 0 Å². The number of halogens is 6. The van der Waals surface area contributed by atoms with E-state index < -0.39 is 53.2 Å². The largest absolute Gasteiger partial charge is 1.00 e. The quantitative estimate of drug-likeness (QED) is 0.0121. The van der Waals surface area contributed by atoms with Gasteiger partial charge < -0.3 is 49.1 Å². The van der Waals surface area contributed by atoms with Crippen LogP contribution in [0.25, 0.3) is 6.08 Å². The van der Waals surface area contributed by atoms with E-state index in [9.17, 15) is 113 Å². The van der Waals surface area contributed by atoms with E-state index in [2.05, 4.69) is 14.8 Å². The molecule has 145 heavy (non-hydrogen) atoms. The van der Waals surface area contributed by atoms with Crippen LogP contribution in [-0.4, -0.2) is 137 Å². The van der Waals surface area contributed by atoms with Crippen LogP contribution < -0.4 is 40.0 Å². The van der Waals surface area contributed by atoms with Gasteiger partial charge in [0.1, 0.15) is 119 Å². The number of carbonyl (C=O) groups excluding carboxylic acids is 16. The van der Waals surface area contributed by atoms with E-state index in [1.165, 1.54) is 143 Å². The third kappa shape index (κ3) is 46.7. The molecular formula is C113H128F6NNaO24. The number of phenolic OH excluding ortho intramolecular Hbond substituents is 2. The van der Waals surface area contributed by atoms with E-state index in [0.717, 1.165) is 85.4 Å². The Labute approximate surface area is 864 Å². The summed E-state index contributed by atoms with van der Waals surface area (Å²) in [5, 5.41) is 34.2. The summed E-state index contributed by atoms with van der Waals surface area (Å²) in [6.45, 7) is 13.5. The molecule has 8 aromatic rings. The van der Waals surface area contributed by atoms with Gasteiger partial charge in [-0.25, -0.2) is 31.1 Å². The molecule has 1 aliphatic heterocycles. The van der Waals surface area contributed by atoms with Gasteiger partial charge in [-0.15, -0.1) is 5.76 Å². The van der Waals surface area contributed by atoms with E-state index in [0.29, 0.717) is 83.8 Å². The summed E-state index contributed by atoms with van der Waals surface area (Å²) in [6, 6.07) is 48.0. The van der Waals surface area contributed by atoms with E-state index in [4.69, 9.17) is 19.3 Å². The zero-order valence-electron chi connectivity index (χ0n) is 80.7. The number of ether oxygens (including phenoxy) is 5. The summed E-state index contributed by atoms with van der Waals surface area (Å²) in [4.78, 5) is 178. The molecule has 6 aliphatic carbocycles. The summed E-state index contributed by atoms with van der Waals surface area (Å²) in [5.41, 5.74) is 8.13. The van der Waals surface area contributed by atoms with Crippen LogP contribution in [0.15, 0.2) is 235 Å². The second kappa shape index (κ2) is 66.9. The van der Waals surface area contributed by atoms with E-state index in [1.807, 2.05) is 13.0 Å². The van der Waals surface area contributed by atoms with Crippen molar-refractivity contribution in [3.63, 3.8) is 0 Å². The van der Waals surface area contributed by atoms with Crippen molar-refractivity contribution in [1.29, 1.82) is 0 Å². The number of nitrogens with one attached hydrogen (secondary N) is 1. The number of hydrogen-bond donors (Lipinski definition) is 3. The Kier molecular flexibility index (Phi) is 58.8. The molecule has 0 spiro atoms. The number of aromatic hydroxyl groups is 2. The average molecular weight is 2020 g/mol. The van der Waals surface area contributed by atoms with Crippen LogP contribution in [0.4, 0.5) is 26.3 Å². The molecule has 0 aromatic heterocycles. The number of allylic oxidation sites excluding steroid dienone is 5. The van der Waals surface area contributed by atoms with E-state index in [1.54, 1.807) is 106 Å². The Morgan fingerprint density at radius 3 is 1.20 bits per heavy atom. The molecule has 0 bridgehead atoms. The van der Waals surface area contributed by atoms with Gasteiger partial charge in [-0.3, -0.25) is 67.1 Å². The van der Waals surface area contributed by atoms with Gasteiger partial charge in [-0.05, 0) is 286 Å². The maximum Gasteiger partial charge on any atom is 1.00 e. The number of carbonyl (C=O) groups is 16. The Bertz CT molecular complexity index is 5620. The second-order valence-corrected chi connectivity index (χ2v) is 33.8. The first kappa shape index (κ1) is 127. The topological polar surface area (TPSA) is 395 Å². The van der Waals surface area contributed by atoms with Crippen LogP contribution in [0.1, 0.15) is 283 Å². The first-order valence-corrected chi connectivity index (χ1v) is 46.0. The number of benzene rings is 8. The van der Waals surface area contributed by atoms with Crippen molar-refractivity contribution < 1.29 is 172 Å². The summed E-state index contributed by atoms with van der Waals surface area (Å²) in [7, 11) is 0. The van der Waals surface area contributed by atoms with Gasteiger partial charge >= 0.3 is 59.4 Å². The molecule has 4 unspecified atom stereocenters. The summed E-state index contributed by atoms with van der Waals surface area (Å²) < 4.78 is 101. The van der Waals surface area contributed by atoms with Crippen LogP contribution in [-0.2, 0) is 90.8 Å². The molecule has 772 valence electrons. The molecule has 7 aliphatic rings. The van der Waals surface area contributed by atoms with Crippen molar-refractivity contribution in [2.75, 3.05) is 19.8 Å². The first-order valence-electron chi connectivity index (χ1n) is 46.0. The van der Waals surface area contributed by atoms with Crippen molar-refractivity contribution >= 4 is 101 Å². The molecule has 8 aromatic carbocycles. The number of esters is 5. The van der Waals surface area contributed by atoms with Crippen molar-refractivity contribution in [3.05, 3.63) is 314 Å². The predicted molar refractivity (Wildman–Crippen MR) is 528 cm³/mol. The number of rotatable bonds is 20. The summed E-state index contributed by atoms with van der Waals surface area (Å²) in [6.07, 6.45) is 15.7. The molecule has 25 nitrogen and oxygen atoms in total. The number of phenols is 2. The van der Waals surface area contributed by atoms with Gasteiger partial charge in [-0.2, -0.15) is 0 Å². The molecule has 1 heterocycles. The maximum atomic E-state index is 13.6. The molecule has 4 atom stereocenters. The zero-order valence-corrected chi connectivity index (χ0v) is 82.7. The van der Waals surface area contributed by atoms with Crippen LogP contribution in [0, 0.1) is 40.8 Å². The molecule has 0 amide bonds. The third-order valence-electron chi connectivity index (χ3n) is 22.1. The van der Waals surface area contributed by atoms with E-state index in [-0.39, 0.29) is 239 Å². The third-order valence-corrected chi connectivity index (χ3v) is 22.1. The standard InChI is InChI=1S/C28H28FNO4.C15H15FO4.2C12H11FO2.C10H9FO.C9H14O3.C7H5FO.C7H12O4.C7H6O2.C3H6O.3CH4.Na/c1-16-25(28(33)34-22-7-2-3-8-22)26(18-5-4-6-21(31)13-18)27-23(30-16)14-19(15-24(27)32)17-9-11-20(29)12-10-17;1-2-20-15(19)14-12(7-11(17)8-13(14)18)9-3-5-10(16)6-4-9;2*13-10-3-1-8(2-4-10)9-5-11(14)7-12(15)6-9;1-8(12)2-3-9-4-6-10(11)7-5-9;1-7(10)6-9(11)12-8-4-2-3-5-8;8-7-3-1-6(5-9)2-4-7;1-3-10-6(8)5-7(9)11-4-2;8-5-6-2-1-3-7(9)4-6;1-3(2)4;;;;/h4-6,9-13,19,22,26,30-31H,2-3,7-8,14-15H2,1H3;3-6,8,12,14,18H,2,7H2,1H3;2*1-4,9H,5-7H2;2-7H,1H3;8H,2-6H2,1H3;1-5H;3-5H2,1-2H3;1-5,9H;1-2H3;3*1H4;/q;;;;;;;;;;;;;+1/p-1/b;;;;3-2+;;;;;;;;;. The normalized spacial score (nSPS) is 16.6. The van der Waals surface area contributed by atoms with Crippen LogP contribution >= 0.6 is 0 Å². The van der Waals surface area contributed by atoms with E-state index >= 15 is 0 Å². The minimum Gasteiger partial charge on any atom is -0.875 e. The number of Topliss-reactive ketones (excluding diaryl/α,β-unsaturated/α-hetero) is 7. The molecule has 4 saturated carbocycles. The van der Waals surface area contributed by atoms with Crippen molar-refractivity contribution in [1.82, 2.24) is 5.32 Å². The minimum absolute atomic E-state index is 0. The Hall–Kier alpha value is -13.8. The Morgan fingerprint density at radius 1 is 0.441 bits per heavy atom. The van der Waals surface area contributed by atoms with Gasteiger partial charge in [-0.1, -0.05) is 113 Å².